The van der Waals surface area contributed by atoms with E-state index in [1.807, 2.05) is 36.4 Å². The van der Waals surface area contributed by atoms with Crippen molar-refractivity contribution < 1.29 is 4.42 Å². The van der Waals surface area contributed by atoms with E-state index in [9.17, 15) is 4.79 Å². The van der Waals surface area contributed by atoms with Crippen LogP contribution in [0.2, 0.25) is 5.02 Å². The minimum Gasteiger partial charge on any atom is -0.453 e. The fourth-order valence-corrected chi connectivity index (χ4v) is 5.35. The molecule has 0 bridgehead atoms. The van der Waals surface area contributed by atoms with Gasteiger partial charge in [-0.05, 0) is 55.0 Å². The average Bonchev–Trinajstić information content (AvgIpc) is 3.26. The molecule has 0 saturated carbocycles. The van der Waals surface area contributed by atoms with Crippen molar-refractivity contribution in [2.75, 3.05) is 0 Å². The Morgan fingerprint density at radius 1 is 1.22 bits per heavy atom. The highest BCUT2D eigenvalue weighted by Crippen LogP contribution is 2.37. The Hall–Kier alpha value is -2.37. The molecule has 5 rings (SSSR count). The summed E-state index contributed by atoms with van der Waals surface area (Å²) in [5, 5.41) is 1.37. The number of aromatic nitrogens is 2. The second kappa shape index (κ2) is 6.36. The molecule has 1 N–H and O–H groups in total. The molecular formula is C21H17ClN2O2S. The molecule has 1 atom stereocenters. The quantitative estimate of drug-likeness (QED) is 0.473. The van der Waals surface area contributed by atoms with E-state index in [1.54, 1.807) is 11.3 Å². The molecule has 136 valence electrons. The smallest absolute Gasteiger partial charge is 0.260 e. The van der Waals surface area contributed by atoms with Gasteiger partial charge in [0, 0.05) is 10.4 Å². The van der Waals surface area contributed by atoms with E-state index in [1.165, 1.54) is 10.4 Å². The van der Waals surface area contributed by atoms with Crippen molar-refractivity contribution in [1.29, 1.82) is 0 Å². The molecule has 1 aliphatic carbocycles. The molecule has 0 fully saturated rings. The van der Waals surface area contributed by atoms with Crippen LogP contribution in [0, 0.1) is 5.92 Å². The first-order valence-electron chi connectivity index (χ1n) is 9.00. The Morgan fingerprint density at radius 3 is 2.89 bits per heavy atom. The maximum absolute atomic E-state index is 12.8. The summed E-state index contributed by atoms with van der Waals surface area (Å²) in [6, 6.07) is 11.2. The van der Waals surface area contributed by atoms with Crippen molar-refractivity contribution in [3.8, 4) is 22.9 Å². The molecule has 1 aromatic carbocycles. The lowest BCUT2D eigenvalue weighted by atomic mass is 9.89. The second-order valence-electron chi connectivity index (χ2n) is 7.09. The molecule has 27 heavy (non-hydrogen) atoms. The number of fused-ring (bicyclic) bond motifs is 3. The number of furan rings is 1. The van der Waals surface area contributed by atoms with Crippen LogP contribution in [0.5, 0.6) is 0 Å². The van der Waals surface area contributed by atoms with Gasteiger partial charge in [-0.25, -0.2) is 4.98 Å². The number of nitrogens with zero attached hydrogens (tertiary/aromatic N) is 1. The van der Waals surface area contributed by atoms with Crippen molar-refractivity contribution in [3.63, 3.8) is 0 Å². The first kappa shape index (κ1) is 16.8. The van der Waals surface area contributed by atoms with Crippen LogP contribution in [0.15, 0.2) is 45.6 Å². The molecule has 1 aliphatic rings. The van der Waals surface area contributed by atoms with E-state index in [4.69, 9.17) is 21.0 Å². The van der Waals surface area contributed by atoms with Crippen LogP contribution in [-0.2, 0) is 12.8 Å². The van der Waals surface area contributed by atoms with Gasteiger partial charge in [0.05, 0.1) is 10.4 Å². The van der Waals surface area contributed by atoms with Crippen LogP contribution >= 0.6 is 22.9 Å². The summed E-state index contributed by atoms with van der Waals surface area (Å²) in [4.78, 5) is 22.5. The lowest BCUT2D eigenvalue weighted by molar-refractivity contribution is 0.509. The fraction of sp³-hybridized carbons (Fsp3) is 0.238. The summed E-state index contributed by atoms with van der Waals surface area (Å²) in [6.07, 6.45) is 3.11. The number of H-pyrrole nitrogens is 1. The zero-order chi connectivity index (χ0) is 18.5. The molecule has 4 nitrogen and oxygen atoms in total. The summed E-state index contributed by atoms with van der Waals surface area (Å²) >= 11 is 7.89. The van der Waals surface area contributed by atoms with Gasteiger partial charge in [0.2, 0.25) is 0 Å². The zero-order valence-corrected chi connectivity index (χ0v) is 16.3. The van der Waals surface area contributed by atoms with Gasteiger partial charge in [0.1, 0.15) is 10.6 Å². The van der Waals surface area contributed by atoms with Gasteiger partial charge in [0.15, 0.2) is 11.6 Å². The SMILES string of the molecule is C[C@H]1CCc2c(sc3nc(-c4ccc(-c5ccccc5Cl)o4)[nH]c(=O)c23)C1. The molecule has 0 aliphatic heterocycles. The van der Waals surface area contributed by atoms with Gasteiger partial charge in [-0.3, -0.25) is 4.79 Å². The van der Waals surface area contributed by atoms with Gasteiger partial charge < -0.3 is 9.40 Å². The maximum Gasteiger partial charge on any atom is 0.260 e. The Morgan fingerprint density at radius 2 is 2.04 bits per heavy atom. The average molecular weight is 397 g/mol. The van der Waals surface area contributed by atoms with E-state index >= 15 is 0 Å². The maximum atomic E-state index is 12.8. The lowest BCUT2D eigenvalue weighted by Gasteiger charge is -2.17. The predicted octanol–water partition coefficient (Wildman–Crippen LogP) is 5.69. The third-order valence-electron chi connectivity index (χ3n) is 5.14. The van der Waals surface area contributed by atoms with Crippen LogP contribution < -0.4 is 5.56 Å². The molecule has 0 saturated heterocycles. The summed E-state index contributed by atoms with van der Waals surface area (Å²) < 4.78 is 5.95. The third-order valence-corrected chi connectivity index (χ3v) is 6.62. The number of aryl methyl sites for hydroxylation is 1. The van der Waals surface area contributed by atoms with Gasteiger partial charge in [0.25, 0.3) is 5.56 Å². The number of nitrogens with one attached hydrogen (secondary N) is 1. The van der Waals surface area contributed by atoms with Gasteiger partial charge in [-0.2, -0.15) is 0 Å². The minimum absolute atomic E-state index is 0.0854. The monoisotopic (exact) mass is 396 g/mol. The molecule has 4 aromatic rings. The first-order valence-corrected chi connectivity index (χ1v) is 10.2. The van der Waals surface area contributed by atoms with Crippen molar-refractivity contribution in [3.05, 3.63) is 62.2 Å². The van der Waals surface area contributed by atoms with E-state index in [0.29, 0.717) is 28.3 Å². The summed E-state index contributed by atoms with van der Waals surface area (Å²) in [5.41, 5.74) is 1.91. The standard InChI is InChI=1S/C21H17ClN2O2S/c1-11-6-7-13-17(10-11)27-21-18(13)20(25)23-19(24-21)16-9-8-15(26-16)12-4-2-3-5-14(12)22/h2-5,8-9,11H,6-7,10H2,1H3,(H,23,24,25)/t11-/m0/s1. The van der Waals surface area contributed by atoms with Crippen molar-refractivity contribution in [2.24, 2.45) is 5.92 Å². The molecule has 0 spiro atoms. The van der Waals surface area contributed by atoms with Crippen LogP contribution in [0.1, 0.15) is 23.8 Å². The Labute approximate surface area is 164 Å². The molecule has 3 aromatic heterocycles. The Bertz CT molecular complexity index is 1220. The van der Waals surface area contributed by atoms with Crippen LogP contribution in [0.4, 0.5) is 0 Å². The van der Waals surface area contributed by atoms with E-state index in [0.717, 1.165) is 35.0 Å². The number of halogens is 1. The van der Waals surface area contributed by atoms with Crippen molar-refractivity contribution >= 4 is 33.2 Å². The molecule has 0 radical (unpaired) electrons. The van der Waals surface area contributed by atoms with Crippen LogP contribution in [-0.4, -0.2) is 9.97 Å². The zero-order valence-electron chi connectivity index (χ0n) is 14.7. The van der Waals surface area contributed by atoms with E-state index in [-0.39, 0.29) is 5.56 Å². The highest BCUT2D eigenvalue weighted by Gasteiger charge is 2.23. The molecule has 0 amide bonds. The summed E-state index contributed by atoms with van der Waals surface area (Å²) in [7, 11) is 0. The van der Waals surface area contributed by atoms with Crippen molar-refractivity contribution in [2.45, 2.75) is 26.2 Å². The fourth-order valence-electron chi connectivity index (χ4n) is 3.74. The molecule has 0 unspecified atom stereocenters. The summed E-state index contributed by atoms with van der Waals surface area (Å²) in [5.74, 6) is 2.30. The Balaban J connectivity index is 1.60. The number of rotatable bonds is 2. The molecular weight excluding hydrogens is 380 g/mol. The van der Waals surface area contributed by atoms with Gasteiger partial charge in [-0.1, -0.05) is 30.7 Å². The van der Waals surface area contributed by atoms with E-state index < -0.39 is 0 Å². The second-order valence-corrected chi connectivity index (χ2v) is 8.58. The normalized spacial score (nSPS) is 16.6. The lowest BCUT2D eigenvalue weighted by Crippen LogP contribution is -2.13. The molecule has 3 heterocycles. The number of aromatic amines is 1. The van der Waals surface area contributed by atoms with Gasteiger partial charge in [-0.15, -0.1) is 11.3 Å². The summed E-state index contributed by atoms with van der Waals surface area (Å²) in [6.45, 7) is 2.26. The number of hydrogen-bond acceptors (Lipinski definition) is 4. The Kier molecular flexibility index (Phi) is 3.95. The predicted molar refractivity (Wildman–Crippen MR) is 110 cm³/mol. The highest BCUT2D eigenvalue weighted by atomic mass is 35.5. The first-order chi connectivity index (χ1) is 13.1. The number of hydrogen-bond donors (Lipinski definition) is 1. The van der Waals surface area contributed by atoms with Crippen LogP contribution in [0.25, 0.3) is 33.1 Å². The molecule has 6 heteroatoms. The van der Waals surface area contributed by atoms with Crippen molar-refractivity contribution in [1.82, 2.24) is 9.97 Å². The van der Waals surface area contributed by atoms with E-state index in [2.05, 4.69) is 11.9 Å². The van der Waals surface area contributed by atoms with Gasteiger partial charge >= 0.3 is 0 Å². The largest absolute Gasteiger partial charge is 0.453 e. The third kappa shape index (κ3) is 2.82. The van der Waals surface area contributed by atoms with Crippen LogP contribution in [0.3, 0.4) is 0 Å². The minimum atomic E-state index is -0.0854. The highest BCUT2D eigenvalue weighted by molar-refractivity contribution is 7.18. The topological polar surface area (TPSA) is 58.9 Å². The number of thiophene rings is 1. The number of benzene rings is 1.